The SMILES string of the molecule is CC(C)CSc1ccc(C(=O)N2CCCCC2)c(C(N)=O)c1. The van der Waals surface area contributed by atoms with E-state index >= 15 is 0 Å². The fourth-order valence-corrected chi connectivity index (χ4v) is 3.42. The highest BCUT2D eigenvalue weighted by Gasteiger charge is 2.22. The lowest BCUT2D eigenvalue weighted by Gasteiger charge is -2.27. The quantitative estimate of drug-likeness (QED) is 0.848. The molecule has 2 amide bonds. The van der Waals surface area contributed by atoms with Crippen molar-refractivity contribution < 1.29 is 9.59 Å². The Balaban J connectivity index is 2.22. The van der Waals surface area contributed by atoms with Crippen LogP contribution < -0.4 is 5.73 Å². The summed E-state index contributed by atoms with van der Waals surface area (Å²) >= 11 is 1.68. The van der Waals surface area contributed by atoms with Crippen LogP contribution in [0.1, 0.15) is 53.8 Å². The van der Waals surface area contributed by atoms with Crippen LogP contribution in [0, 0.1) is 5.92 Å². The Morgan fingerprint density at radius 1 is 1.18 bits per heavy atom. The molecule has 22 heavy (non-hydrogen) atoms. The predicted octanol–water partition coefficient (Wildman–Crippen LogP) is 3.16. The van der Waals surface area contributed by atoms with Crippen LogP contribution in [0.15, 0.2) is 23.1 Å². The van der Waals surface area contributed by atoms with Gasteiger partial charge in [-0.15, -0.1) is 11.8 Å². The number of nitrogens with two attached hydrogens (primary N) is 1. The monoisotopic (exact) mass is 320 g/mol. The Labute approximate surface area is 136 Å². The fraction of sp³-hybridized carbons (Fsp3) is 0.529. The van der Waals surface area contributed by atoms with E-state index in [1.807, 2.05) is 11.0 Å². The molecule has 4 nitrogen and oxygen atoms in total. The molecule has 5 heteroatoms. The van der Waals surface area contributed by atoms with Gasteiger partial charge in [-0.2, -0.15) is 0 Å². The standard InChI is InChI=1S/C17H24N2O2S/c1-12(2)11-22-13-6-7-14(15(10-13)16(18)20)17(21)19-8-4-3-5-9-19/h6-7,10,12H,3-5,8-9,11H2,1-2H3,(H2,18,20). The van der Waals surface area contributed by atoms with Gasteiger partial charge < -0.3 is 10.6 Å². The Kier molecular flexibility index (Phi) is 5.89. The third-order valence-electron chi connectivity index (χ3n) is 3.71. The van der Waals surface area contributed by atoms with Crippen LogP contribution in [0.4, 0.5) is 0 Å². The zero-order chi connectivity index (χ0) is 16.1. The molecule has 0 unspecified atom stereocenters. The molecular formula is C17H24N2O2S. The van der Waals surface area contributed by atoms with E-state index in [0.717, 1.165) is 43.0 Å². The van der Waals surface area contributed by atoms with Crippen LogP contribution in [0.2, 0.25) is 0 Å². The number of rotatable bonds is 5. The summed E-state index contributed by atoms with van der Waals surface area (Å²) in [5.74, 6) is 0.926. The third kappa shape index (κ3) is 4.26. The number of nitrogens with zero attached hydrogens (tertiary/aromatic N) is 1. The maximum absolute atomic E-state index is 12.6. The summed E-state index contributed by atoms with van der Waals surface area (Å²) < 4.78 is 0. The van der Waals surface area contributed by atoms with E-state index in [0.29, 0.717) is 17.0 Å². The molecule has 0 radical (unpaired) electrons. The molecule has 1 aromatic rings. The van der Waals surface area contributed by atoms with Crippen molar-refractivity contribution in [2.75, 3.05) is 18.8 Å². The zero-order valence-electron chi connectivity index (χ0n) is 13.3. The van der Waals surface area contributed by atoms with Crippen LogP contribution in [0.3, 0.4) is 0 Å². The summed E-state index contributed by atoms with van der Waals surface area (Å²) in [5, 5.41) is 0. The Morgan fingerprint density at radius 2 is 1.86 bits per heavy atom. The van der Waals surface area contributed by atoms with Gasteiger partial charge in [0.25, 0.3) is 5.91 Å². The first kappa shape index (κ1) is 16.9. The van der Waals surface area contributed by atoms with Crippen molar-refractivity contribution in [3.63, 3.8) is 0 Å². The highest BCUT2D eigenvalue weighted by Crippen LogP contribution is 2.25. The van der Waals surface area contributed by atoms with Gasteiger partial charge in [0.2, 0.25) is 5.91 Å². The number of hydrogen-bond donors (Lipinski definition) is 1. The minimum absolute atomic E-state index is 0.0751. The topological polar surface area (TPSA) is 63.4 Å². The first-order chi connectivity index (χ1) is 10.5. The van der Waals surface area contributed by atoms with Gasteiger partial charge in [-0.1, -0.05) is 13.8 Å². The number of hydrogen-bond acceptors (Lipinski definition) is 3. The van der Waals surface area contributed by atoms with E-state index in [1.165, 1.54) is 0 Å². The molecule has 0 saturated carbocycles. The van der Waals surface area contributed by atoms with Crippen LogP contribution in [0.5, 0.6) is 0 Å². The number of likely N-dealkylation sites (tertiary alicyclic amines) is 1. The molecular weight excluding hydrogens is 296 g/mol. The molecule has 0 bridgehead atoms. The minimum Gasteiger partial charge on any atom is -0.366 e. The molecule has 0 aromatic heterocycles. The first-order valence-corrected chi connectivity index (χ1v) is 8.83. The van der Waals surface area contributed by atoms with Gasteiger partial charge in [-0.05, 0) is 43.4 Å². The van der Waals surface area contributed by atoms with Crippen LogP contribution in [-0.4, -0.2) is 35.6 Å². The molecule has 0 spiro atoms. The lowest BCUT2D eigenvalue weighted by atomic mass is 10.0. The third-order valence-corrected chi connectivity index (χ3v) is 5.13. The maximum Gasteiger partial charge on any atom is 0.254 e. The van der Waals surface area contributed by atoms with Gasteiger partial charge in [0.15, 0.2) is 0 Å². The van der Waals surface area contributed by atoms with Crippen LogP contribution >= 0.6 is 11.8 Å². The molecule has 1 heterocycles. The van der Waals surface area contributed by atoms with Crippen molar-refractivity contribution in [3.05, 3.63) is 29.3 Å². The summed E-state index contributed by atoms with van der Waals surface area (Å²) in [4.78, 5) is 27.2. The highest BCUT2D eigenvalue weighted by atomic mass is 32.2. The minimum atomic E-state index is -0.535. The summed E-state index contributed by atoms with van der Waals surface area (Å²) in [6, 6.07) is 5.42. The van der Waals surface area contributed by atoms with E-state index in [4.69, 9.17) is 5.73 Å². The molecule has 0 atom stereocenters. The van der Waals surface area contributed by atoms with E-state index in [-0.39, 0.29) is 5.91 Å². The molecule has 0 aliphatic carbocycles. The van der Waals surface area contributed by atoms with Gasteiger partial charge in [0.1, 0.15) is 0 Å². The van der Waals surface area contributed by atoms with Gasteiger partial charge in [-0.3, -0.25) is 9.59 Å². The summed E-state index contributed by atoms with van der Waals surface area (Å²) in [5.41, 5.74) is 6.26. The van der Waals surface area contributed by atoms with Crippen LogP contribution in [-0.2, 0) is 0 Å². The van der Waals surface area contributed by atoms with Crippen molar-refractivity contribution in [1.82, 2.24) is 4.90 Å². The molecule has 2 rings (SSSR count). The van der Waals surface area contributed by atoms with E-state index < -0.39 is 5.91 Å². The van der Waals surface area contributed by atoms with E-state index in [1.54, 1.807) is 23.9 Å². The lowest BCUT2D eigenvalue weighted by Crippen LogP contribution is -2.36. The second-order valence-electron chi connectivity index (χ2n) is 6.13. The van der Waals surface area contributed by atoms with Crippen molar-refractivity contribution >= 4 is 23.6 Å². The Morgan fingerprint density at radius 3 is 2.45 bits per heavy atom. The summed E-state index contributed by atoms with van der Waals surface area (Å²) in [6.45, 7) is 5.83. The smallest absolute Gasteiger partial charge is 0.254 e. The van der Waals surface area contributed by atoms with Crippen molar-refractivity contribution in [1.29, 1.82) is 0 Å². The Bertz CT molecular complexity index is 552. The molecule has 1 aliphatic rings. The van der Waals surface area contributed by atoms with Gasteiger partial charge >= 0.3 is 0 Å². The number of piperidine rings is 1. The molecule has 1 aliphatic heterocycles. The van der Waals surface area contributed by atoms with Crippen molar-refractivity contribution in [2.24, 2.45) is 11.7 Å². The lowest BCUT2D eigenvalue weighted by molar-refractivity contribution is 0.0719. The summed E-state index contributed by atoms with van der Waals surface area (Å²) in [6.07, 6.45) is 3.22. The summed E-state index contributed by atoms with van der Waals surface area (Å²) in [7, 11) is 0. The number of carbonyl (C=O) groups is 2. The molecule has 2 N–H and O–H groups in total. The van der Waals surface area contributed by atoms with Gasteiger partial charge in [0, 0.05) is 23.7 Å². The normalized spacial score (nSPS) is 15.1. The first-order valence-electron chi connectivity index (χ1n) is 7.85. The number of benzene rings is 1. The van der Waals surface area contributed by atoms with E-state index in [2.05, 4.69) is 13.8 Å². The largest absolute Gasteiger partial charge is 0.366 e. The van der Waals surface area contributed by atoms with Crippen molar-refractivity contribution in [2.45, 2.75) is 38.0 Å². The second kappa shape index (κ2) is 7.68. The highest BCUT2D eigenvalue weighted by molar-refractivity contribution is 7.99. The number of carbonyl (C=O) groups excluding carboxylic acids is 2. The van der Waals surface area contributed by atoms with E-state index in [9.17, 15) is 9.59 Å². The van der Waals surface area contributed by atoms with Crippen molar-refractivity contribution in [3.8, 4) is 0 Å². The number of thioether (sulfide) groups is 1. The van der Waals surface area contributed by atoms with Gasteiger partial charge in [-0.25, -0.2) is 0 Å². The predicted molar refractivity (Wildman–Crippen MR) is 90.3 cm³/mol. The average Bonchev–Trinajstić information content (AvgIpc) is 2.52. The Hall–Kier alpha value is -1.49. The fourth-order valence-electron chi connectivity index (χ4n) is 2.53. The molecule has 1 fully saturated rings. The van der Waals surface area contributed by atoms with Crippen LogP contribution in [0.25, 0.3) is 0 Å². The maximum atomic E-state index is 12.6. The average molecular weight is 320 g/mol. The second-order valence-corrected chi connectivity index (χ2v) is 7.22. The number of amides is 2. The number of primary amides is 1. The van der Waals surface area contributed by atoms with Gasteiger partial charge in [0.05, 0.1) is 11.1 Å². The molecule has 1 aromatic carbocycles. The molecule has 1 saturated heterocycles. The molecule has 120 valence electrons. The zero-order valence-corrected chi connectivity index (χ0v) is 14.1.